The Kier molecular flexibility index (Phi) is 9.30. The summed E-state index contributed by atoms with van der Waals surface area (Å²) in [6.07, 6.45) is 0.237. The van der Waals surface area contributed by atoms with Gasteiger partial charge in [-0.15, -0.1) is 0 Å². The van der Waals surface area contributed by atoms with Crippen molar-refractivity contribution < 1.29 is 18.4 Å². The van der Waals surface area contributed by atoms with E-state index in [1.54, 1.807) is 42.3 Å². The zero-order chi connectivity index (χ0) is 29.8. The minimum atomic E-state index is -0.882. The van der Waals surface area contributed by atoms with Crippen LogP contribution in [0.5, 0.6) is 0 Å². The van der Waals surface area contributed by atoms with Crippen molar-refractivity contribution in [2.45, 2.75) is 20.3 Å². The van der Waals surface area contributed by atoms with Crippen molar-refractivity contribution in [3.8, 4) is 28.3 Å². The van der Waals surface area contributed by atoms with E-state index in [4.69, 9.17) is 28.9 Å². The highest BCUT2D eigenvalue weighted by Gasteiger charge is 2.27. The quantitative estimate of drug-likeness (QED) is 0.209. The lowest BCUT2D eigenvalue weighted by molar-refractivity contribution is -0.130. The van der Waals surface area contributed by atoms with Crippen molar-refractivity contribution in [2.75, 3.05) is 25.5 Å². The standard InChI is InChI=1S/C30H29Cl2F2N5O2/c1-17(2)16-38(3)25(40)13-14-36-23-9-5-4-7-19(23)30-37-27(29(35)41)28(18-11-12-22(33)21(32)15-18)39(30)24-10-6-8-20(31)26(24)34/h4-12,15,17,36H,13-14,16H2,1-3H3,(H2,35,41). The van der Waals surface area contributed by atoms with E-state index >= 15 is 4.39 Å². The van der Waals surface area contributed by atoms with E-state index in [0.717, 1.165) is 6.07 Å². The number of halogens is 4. The Bertz CT molecular complexity index is 1610. The van der Waals surface area contributed by atoms with Crippen LogP contribution in [-0.4, -0.2) is 46.4 Å². The number of nitrogens with two attached hydrogens (primary N) is 1. The zero-order valence-corrected chi connectivity index (χ0v) is 24.2. The Labute approximate surface area is 246 Å². The first kappa shape index (κ1) is 30.0. The van der Waals surface area contributed by atoms with Crippen molar-refractivity contribution >= 4 is 40.7 Å². The monoisotopic (exact) mass is 599 g/mol. The van der Waals surface area contributed by atoms with Gasteiger partial charge in [-0.1, -0.05) is 55.2 Å². The minimum Gasteiger partial charge on any atom is -0.384 e. The Balaban J connectivity index is 1.87. The van der Waals surface area contributed by atoms with Crippen molar-refractivity contribution in [3.05, 3.63) is 88.0 Å². The summed E-state index contributed by atoms with van der Waals surface area (Å²) in [5, 5.41) is 2.91. The summed E-state index contributed by atoms with van der Waals surface area (Å²) >= 11 is 12.2. The maximum absolute atomic E-state index is 15.6. The van der Waals surface area contributed by atoms with Gasteiger partial charge in [-0.3, -0.25) is 14.2 Å². The molecule has 1 aromatic heterocycles. The van der Waals surface area contributed by atoms with Gasteiger partial charge in [-0.25, -0.2) is 13.8 Å². The molecule has 0 saturated heterocycles. The number of primary amides is 1. The molecule has 3 aromatic carbocycles. The third-order valence-electron chi connectivity index (χ3n) is 6.36. The lowest BCUT2D eigenvalue weighted by atomic mass is 10.1. The molecule has 0 radical (unpaired) electrons. The third-order valence-corrected chi connectivity index (χ3v) is 6.94. The number of hydrogen-bond donors (Lipinski definition) is 2. The fourth-order valence-corrected chi connectivity index (χ4v) is 4.91. The van der Waals surface area contributed by atoms with E-state index in [0.29, 0.717) is 30.3 Å². The highest BCUT2D eigenvalue weighted by molar-refractivity contribution is 6.31. The summed E-state index contributed by atoms with van der Waals surface area (Å²) in [5.74, 6) is -1.82. The van der Waals surface area contributed by atoms with Gasteiger partial charge in [-0.05, 0) is 48.4 Å². The van der Waals surface area contributed by atoms with Gasteiger partial charge < -0.3 is 16.0 Å². The second kappa shape index (κ2) is 12.7. The summed E-state index contributed by atoms with van der Waals surface area (Å²) in [6, 6.07) is 15.3. The van der Waals surface area contributed by atoms with Crippen molar-refractivity contribution in [1.29, 1.82) is 0 Å². The van der Waals surface area contributed by atoms with Crippen LogP contribution in [0.2, 0.25) is 10.0 Å². The Morgan fingerprint density at radius 2 is 1.78 bits per heavy atom. The first-order valence-electron chi connectivity index (χ1n) is 12.9. The lowest BCUT2D eigenvalue weighted by Crippen LogP contribution is -2.31. The second-order valence-corrected chi connectivity index (χ2v) is 10.7. The highest BCUT2D eigenvalue weighted by atomic mass is 35.5. The highest BCUT2D eigenvalue weighted by Crippen LogP contribution is 2.38. The lowest BCUT2D eigenvalue weighted by Gasteiger charge is -2.20. The van der Waals surface area contributed by atoms with Crippen LogP contribution in [0.25, 0.3) is 28.3 Å². The average molecular weight is 600 g/mol. The van der Waals surface area contributed by atoms with Crippen molar-refractivity contribution in [2.24, 2.45) is 11.7 Å². The van der Waals surface area contributed by atoms with Crippen molar-refractivity contribution in [1.82, 2.24) is 14.5 Å². The normalized spacial score (nSPS) is 11.1. The number of carbonyl (C=O) groups excluding carboxylic acids is 2. The van der Waals surface area contributed by atoms with Crippen LogP contribution in [0.15, 0.2) is 60.7 Å². The number of amides is 2. The molecule has 0 fully saturated rings. The van der Waals surface area contributed by atoms with Gasteiger partial charge in [0, 0.05) is 43.4 Å². The fraction of sp³-hybridized carbons (Fsp3) is 0.233. The molecule has 0 saturated carbocycles. The largest absolute Gasteiger partial charge is 0.384 e. The fourth-order valence-electron chi connectivity index (χ4n) is 4.56. The van der Waals surface area contributed by atoms with Gasteiger partial charge >= 0.3 is 0 Å². The molecule has 0 unspecified atom stereocenters. The van der Waals surface area contributed by atoms with Crippen LogP contribution in [0.3, 0.4) is 0 Å². The molecule has 41 heavy (non-hydrogen) atoms. The van der Waals surface area contributed by atoms with Gasteiger partial charge in [0.25, 0.3) is 5.91 Å². The smallest absolute Gasteiger partial charge is 0.269 e. The number of anilines is 1. The molecule has 0 spiro atoms. The molecular formula is C30H29Cl2F2N5O2. The summed E-state index contributed by atoms with van der Waals surface area (Å²) in [7, 11) is 1.77. The van der Waals surface area contributed by atoms with E-state index in [9.17, 15) is 14.0 Å². The number of rotatable bonds is 10. The summed E-state index contributed by atoms with van der Waals surface area (Å²) in [6.45, 7) is 5.03. The Morgan fingerprint density at radius 1 is 1.05 bits per heavy atom. The van der Waals surface area contributed by atoms with E-state index < -0.39 is 17.5 Å². The second-order valence-electron chi connectivity index (χ2n) is 9.92. The average Bonchev–Trinajstić information content (AvgIpc) is 3.32. The number of benzene rings is 3. The molecule has 0 aliphatic carbocycles. The molecule has 4 rings (SSSR count). The maximum Gasteiger partial charge on any atom is 0.269 e. The number of aromatic nitrogens is 2. The molecule has 11 heteroatoms. The molecule has 4 aromatic rings. The maximum atomic E-state index is 15.6. The number of nitrogens with zero attached hydrogens (tertiary/aromatic N) is 3. The first-order valence-corrected chi connectivity index (χ1v) is 13.6. The summed E-state index contributed by atoms with van der Waals surface area (Å²) in [4.78, 5) is 31.5. The van der Waals surface area contributed by atoms with Gasteiger partial charge in [0.05, 0.1) is 21.4 Å². The Hall–Kier alpha value is -3.95. The molecule has 214 valence electrons. The number of imidazole rings is 1. The van der Waals surface area contributed by atoms with Crippen molar-refractivity contribution in [3.63, 3.8) is 0 Å². The molecular weight excluding hydrogens is 571 g/mol. The van der Waals surface area contributed by atoms with E-state index in [2.05, 4.69) is 10.3 Å². The van der Waals surface area contributed by atoms with E-state index in [-0.39, 0.29) is 50.8 Å². The van der Waals surface area contributed by atoms with Gasteiger partial charge in [0.1, 0.15) is 11.6 Å². The summed E-state index contributed by atoms with van der Waals surface area (Å²) in [5.41, 5.74) is 7.02. The van der Waals surface area contributed by atoms with Gasteiger partial charge in [0.15, 0.2) is 11.5 Å². The SMILES string of the molecule is CC(C)CN(C)C(=O)CCNc1ccccc1-c1nc(C(N)=O)c(-c2ccc(F)c(Cl)c2)n1-c1cccc(Cl)c1F. The molecule has 0 aliphatic heterocycles. The molecule has 1 heterocycles. The molecule has 7 nitrogen and oxygen atoms in total. The molecule has 0 atom stereocenters. The number of hydrogen-bond acceptors (Lipinski definition) is 4. The van der Waals surface area contributed by atoms with Crippen LogP contribution in [0.4, 0.5) is 14.5 Å². The predicted octanol–water partition coefficient (Wildman–Crippen LogP) is 6.81. The number of nitrogens with one attached hydrogen (secondary N) is 1. The van der Waals surface area contributed by atoms with Crippen LogP contribution in [-0.2, 0) is 4.79 Å². The first-order chi connectivity index (χ1) is 19.5. The number of carbonyl (C=O) groups is 2. The summed E-state index contributed by atoms with van der Waals surface area (Å²) < 4.78 is 31.0. The molecule has 0 aliphatic rings. The molecule has 0 bridgehead atoms. The van der Waals surface area contributed by atoms with Crippen LogP contribution < -0.4 is 11.1 Å². The molecule has 2 amide bonds. The van der Waals surface area contributed by atoms with Crippen LogP contribution in [0.1, 0.15) is 30.8 Å². The van der Waals surface area contributed by atoms with Crippen LogP contribution in [0, 0.1) is 17.6 Å². The topological polar surface area (TPSA) is 93.2 Å². The van der Waals surface area contributed by atoms with Gasteiger partial charge in [0.2, 0.25) is 5.91 Å². The van der Waals surface area contributed by atoms with Gasteiger partial charge in [-0.2, -0.15) is 0 Å². The predicted molar refractivity (Wildman–Crippen MR) is 158 cm³/mol. The number of para-hydroxylation sites is 1. The zero-order valence-electron chi connectivity index (χ0n) is 22.7. The third kappa shape index (κ3) is 6.52. The van der Waals surface area contributed by atoms with E-state index in [1.165, 1.54) is 28.8 Å². The Morgan fingerprint density at radius 3 is 2.46 bits per heavy atom. The molecule has 3 N–H and O–H groups in total. The van der Waals surface area contributed by atoms with Crippen LogP contribution >= 0.6 is 23.2 Å². The van der Waals surface area contributed by atoms with E-state index in [1.807, 2.05) is 13.8 Å². The minimum absolute atomic E-state index is 0.0109.